The Kier molecular flexibility index (Phi) is 7.12. The lowest BCUT2D eigenvalue weighted by Gasteiger charge is -2.11. The van der Waals surface area contributed by atoms with E-state index in [1.165, 1.54) is 0 Å². The normalized spacial score (nSPS) is 11.9. The highest BCUT2D eigenvalue weighted by Crippen LogP contribution is 2.33. The third-order valence-corrected chi connectivity index (χ3v) is 6.77. The Morgan fingerprint density at radius 1 is 1.24 bits per heavy atom. The molecule has 0 unspecified atom stereocenters. The number of aromatic nitrogens is 4. The predicted molar refractivity (Wildman–Crippen MR) is 134 cm³/mol. The molecule has 2 heterocycles. The number of H-pyrrole nitrogens is 1. The summed E-state index contributed by atoms with van der Waals surface area (Å²) >= 11 is 13.5. The Morgan fingerprint density at radius 3 is 2.76 bits per heavy atom. The number of rotatable bonds is 8. The first-order chi connectivity index (χ1) is 15.9. The van der Waals surface area contributed by atoms with Gasteiger partial charge in [0.15, 0.2) is 0 Å². The Morgan fingerprint density at radius 2 is 2.03 bits per heavy atom. The number of halogens is 2. The minimum absolute atomic E-state index is 0.146. The van der Waals surface area contributed by atoms with Crippen molar-refractivity contribution >= 4 is 57.9 Å². The Hall–Kier alpha value is -2.74. The summed E-state index contributed by atoms with van der Waals surface area (Å²) in [6.45, 7) is 4.56. The number of aromatic amines is 1. The van der Waals surface area contributed by atoms with Gasteiger partial charge in [0, 0.05) is 45.2 Å². The number of thioether (sulfide) groups is 1. The highest BCUT2D eigenvalue weighted by Gasteiger charge is 2.18. The molecule has 0 fully saturated rings. The van der Waals surface area contributed by atoms with E-state index in [-0.39, 0.29) is 4.91 Å². The summed E-state index contributed by atoms with van der Waals surface area (Å²) in [5.41, 5.74) is 3.69. The lowest BCUT2D eigenvalue weighted by atomic mass is 10.1. The van der Waals surface area contributed by atoms with E-state index in [2.05, 4.69) is 19.7 Å². The van der Waals surface area contributed by atoms with Crippen molar-refractivity contribution in [2.45, 2.75) is 38.4 Å². The fraction of sp³-hybridized carbons (Fsp3) is 0.208. The molecule has 0 atom stereocenters. The van der Waals surface area contributed by atoms with Gasteiger partial charge in [0.05, 0.1) is 0 Å². The van der Waals surface area contributed by atoms with Gasteiger partial charge in [-0.15, -0.1) is 5.10 Å². The number of aryl methyl sites for hydroxylation is 1. The number of hydrogen-bond acceptors (Lipinski definition) is 4. The van der Waals surface area contributed by atoms with Crippen molar-refractivity contribution in [3.8, 4) is 0 Å². The van der Waals surface area contributed by atoms with E-state index in [0.717, 1.165) is 58.2 Å². The van der Waals surface area contributed by atoms with E-state index in [0.29, 0.717) is 21.7 Å². The molecule has 2 N–H and O–H groups in total. The Balaban J connectivity index is 1.76. The average molecular weight is 501 g/mol. The second-order valence-electron chi connectivity index (χ2n) is 7.57. The van der Waals surface area contributed by atoms with Gasteiger partial charge in [-0.1, -0.05) is 54.4 Å². The topological polar surface area (TPSA) is 83.8 Å². The number of aliphatic carboxylic acids is 1. The molecule has 0 aliphatic carbocycles. The first-order valence-corrected chi connectivity index (χ1v) is 12.0. The highest BCUT2D eigenvalue weighted by molar-refractivity contribution is 8.04. The van der Waals surface area contributed by atoms with Crippen LogP contribution in [0.15, 0.2) is 52.5 Å². The zero-order valence-corrected chi connectivity index (χ0v) is 20.4. The SMILES string of the molecule is CCCc1nc(S/C(=C\c2c(C)n(Cc3ccc(Cl)cc3Cl)c3ccccc23)C(=O)O)n[nH]1. The van der Waals surface area contributed by atoms with Gasteiger partial charge < -0.3 is 9.67 Å². The van der Waals surface area contributed by atoms with E-state index in [4.69, 9.17) is 23.2 Å². The molecule has 0 amide bonds. The lowest BCUT2D eigenvalue weighted by Crippen LogP contribution is -2.03. The lowest BCUT2D eigenvalue weighted by molar-refractivity contribution is -0.131. The van der Waals surface area contributed by atoms with Crippen molar-refractivity contribution < 1.29 is 9.90 Å². The summed E-state index contributed by atoms with van der Waals surface area (Å²) < 4.78 is 2.13. The molecular weight excluding hydrogens is 479 g/mol. The minimum Gasteiger partial charge on any atom is -0.477 e. The van der Waals surface area contributed by atoms with E-state index < -0.39 is 5.97 Å². The van der Waals surface area contributed by atoms with Gasteiger partial charge in [-0.25, -0.2) is 9.78 Å². The number of benzene rings is 2. The zero-order valence-electron chi connectivity index (χ0n) is 18.1. The van der Waals surface area contributed by atoms with Crippen LogP contribution < -0.4 is 0 Å². The highest BCUT2D eigenvalue weighted by atomic mass is 35.5. The van der Waals surface area contributed by atoms with E-state index >= 15 is 0 Å². The van der Waals surface area contributed by atoms with Crippen LogP contribution in [0.4, 0.5) is 0 Å². The van der Waals surface area contributed by atoms with Gasteiger partial charge in [0.25, 0.3) is 0 Å². The molecule has 0 aliphatic heterocycles. The monoisotopic (exact) mass is 500 g/mol. The number of nitrogens with one attached hydrogen (secondary N) is 1. The van der Waals surface area contributed by atoms with Crippen molar-refractivity contribution in [1.82, 2.24) is 19.7 Å². The number of para-hydroxylation sites is 1. The molecular formula is C24H22Cl2N4O2S. The molecule has 33 heavy (non-hydrogen) atoms. The summed E-state index contributed by atoms with van der Waals surface area (Å²) in [6, 6.07) is 13.4. The summed E-state index contributed by atoms with van der Waals surface area (Å²) in [4.78, 5) is 16.6. The van der Waals surface area contributed by atoms with Crippen LogP contribution in [0.1, 0.15) is 36.0 Å². The van der Waals surface area contributed by atoms with E-state index in [9.17, 15) is 9.90 Å². The van der Waals surface area contributed by atoms with Crippen molar-refractivity contribution in [3.63, 3.8) is 0 Å². The Labute approximate surface area is 205 Å². The smallest absolute Gasteiger partial charge is 0.342 e. The quantitative estimate of drug-likeness (QED) is 0.210. The van der Waals surface area contributed by atoms with Crippen molar-refractivity contribution in [2.75, 3.05) is 0 Å². The molecule has 4 rings (SSSR count). The van der Waals surface area contributed by atoms with Crippen LogP contribution in [0.25, 0.3) is 17.0 Å². The second-order valence-corrected chi connectivity index (χ2v) is 9.42. The third kappa shape index (κ3) is 5.11. The molecule has 0 radical (unpaired) electrons. The zero-order chi connectivity index (χ0) is 23.5. The standard InChI is InChI=1S/C24H22Cl2N4O2S/c1-3-6-22-27-24(29-28-22)33-21(23(31)32)12-18-14(2)30(20-8-5-4-7-17(18)20)13-15-9-10-16(25)11-19(15)26/h4-5,7-12H,3,6,13H2,1-2H3,(H,31,32)(H,27,28,29)/b21-12-. The van der Waals surface area contributed by atoms with Crippen LogP contribution in [0, 0.1) is 6.92 Å². The maximum atomic E-state index is 12.1. The number of carbonyl (C=O) groups is 1. The molecule has 4 aromatic rings. The summed E-state index contributed by atoms with van der Waals surface area (Å²) in [5, 5.41) is 19.4. The molecule has 0 saturated carbocycles. The van der Waals surface area contributed by atoms with Crippen LogP contribution in [0.2, 0.25) is 10.0 Å². The van der Waals surface area contributed by atoms with Crippen molar-refractivity contribution in [1.29, 1.82) is 0 Å². The number of nitrogens with zero attached hydrogens (tertiary/aromatic N) is 3. The summed E-state index contributed by atoms with van der Waals surface area (Å²) in [6.07, 6.45) is 3.39. The molecule has 2 aromatic carbocycles. The van der Waals surface area contributed by atoms with Crippen molar-refractivity contribution in [2.24, 2.45) is 0 Å². The number of carboxylic acids is 1. The van der Waals surface area contributed by atoms with Crippen LogP contribution in [0.3, 0.4) is 0 Å². The third-order valence-electron chi connectivity index (χ3n) is 5.31. The van der Waals surface area contributed by atoms with Gasteiger partial charge in [-0.2, -0.15) is 0 Å². The Bertz CT molecular complexity index is 1360. The van der Waals surface area contributed by atoms with Gasteiger partial charge in [0.1, 0.15) is 10.7 Å². The molecule has 0 aliphatic rings. The first-order valence-electron chi connectivity index (χ1n) is 10.4. The van der Waals surface area contributed by atoms with E-state index in [1.807, 2.05) is 50.2 Å². The van der Waals surface area contributed by atoms with E-state index in [1.54, 1.807) is 12.1 Å². The number of carboxylic acid groups (broad SMARTS) is 1. The van der Waals surface area contributed by atoms with Crippen LogP contribution in [0.5, 0.6) is 0 Å². The number of fused-ring (bicyclic) bond motifs is 1. The van der Waals surface area contributed by atoms with Crippen LogP contribution in [-0.4, -0.2) is 30.8 Å². The maximum absolute atomic E-state index is 12.1. The molecule has 2 aromatic heterocycles. The molecule has 0 spiro atoms. The van der Waals surface area contributed by atoms with Gasteiger partial charge in [0.2, 0.25) is 5.16 Å². The minimum atomic E-state index is -1.03. The molecule has 170 valence electrons. The molecule has 0 bridgehead atoms. The van der Waals surface area contributed by atoms with Crippen molar-refractivity contribution in [3.05, 3.63) is 80.1 Å². The largest absolute Gasteiger partial charge is 0.477 e. The van der Waals surface area contributed by atoms with Crippen LogP contribution in [-0.2, 0) is 17.8 Å². The summed E-state index contributed by atoms with van der Waals surface area (Å²) in [7, 11) is 0. The first kappa shape index (κ1) is 23.4. The van der Waals surface area contributed by atoms with Gasteiger partial charge in [-0.05, 0) is 54.9 Å². The predicted octanol–water partition coefficient (Wildman–Crippen LogP) is 6.59. The summed E-state index contributed by atoms with van der Waals surface area (Å²) in [5.74, 6) is -0.281. The maximum Gasteiger partial charge on any atom is 0.342 e. The van der Waals surface area contributed by atoms with Gasteiger partial charge >= 0.3 is 5.97 Å². The van der Waals surface area contributed by atoms with Crippen LogP contribution >= 0.6 is 35.0 Å². The average Bonchev–Trinajstić information content (AvgIpc) is 3.33. The second kappa shape index (κ2) is 10.0. The molecule has 6 nitrogen and oxygen atoms in total. The number of hydrogen-bond donors (Lipinski definition) is 2. The molecule has 9 heteroatoms. The fourth-order valence-electron chi connectivity index (χ4n) is 3.70. The van der Waals surface area contributed by atoms with Gasteiger partial charge in [-0.3, -0.25) is 5.10 Å². The molecule has 0 saturated heterocycles. The fourth-order valence-corrected chi connectivity index (χ4v) is 4.88.